The summed E-state index contributed by atoms with van der Waals surface area (Å²) in [6.07, 6.45) is 3.25. The lowest BCUT2D eigenvalue weighted by Gasteiger charge is -2.04. The summed E-state index contributed by atoms with van der Waals surface area (Å²) in [5.74, 6) is -0.344. The van der Waals surface area contributed by atoms with Gasteiger partial charge < -0.3 is 5.73 Å². The van der Waals surface area contributed by atoms with Crippen LogP contribution in [0, 0.1) is 5.82 Å². The minimum absolute atomic E-state index is 0.344. The second-order valence-electron chi connectivity index (χ2n) is 3.21. The van der Waals surface area contributed by atoms with Crippen LogP contribution in [0.5, 0.6) is 0 Å². The quantitative estimate of drug-likeness (QED) is 0.853. The van der Waals surface area contributed by atoms with Crippen molar-refractivity contribution in [3.63, 3.8) is 0 Å². The summed E-state index contributed by atoms with van der Waals surface area (Å²) in [6.45, 7) is 0.482. The van der Waals surface area contributed by atoms with Crippen molar-refractivity contribution in [3.05, 3.63) is 47.0 Å². The monoisotopic (exact) mass is 225 g/mol. The third-order valence-corrected chi connectivity index (χ3v) is 2.35. The van der Waals surface area contributed by atoms with Crippen LogP contribution >= 0.6 is 11.6 Å². The van der Waals surface area contributed by atoms with Crippen LogP contribution in [0.15, 0.2) is 30.6 Å². The lowest BCUT2D eigenvalue weighted by Crippen LogP contribution is -2.00. The number of nitrogens with zero attached hydrogens (tertiary/aromatic N) is 2. The fourth-order valence-corrected chi connectivity index (χ4v) is 1.52. The van der Waals surface area contributed by atoms with Gasteiger partial charge in [-0.3, -0.25) is 4.68 Å². The molecule has 0 atom stereocenters. The van der Waals surface area contributed by atoms with Gasteiger partial charge in [-0.2, -0.15) is 5.10 Å². The van der Waals surface area contributed by atoms with Crippen molar-refractivity contribution in [1.82, 2.24) is 9.78 Å². The number of aromatic nitrogens is 2. The van der Waals surface area contributed by atoms with Crippen LogP contribution in [0.4, 0.5) is 10.1 Å². The van der Waals surface area contributed by atoms with E-state index in [0.29, 0.717) is 17.3 Å². The van der Waals surface area contributed by atoms with E-state index in [1.165, 1.54) is 12.1 Å². The van der Waals surface area contributed by atoms with E-state index in [0.717, 1.165) is 5.56 Å². The second kappa shape index (κ2) is 3.90. The van der Waals surface area contributed by atoms with Crippen molar-refractivity contribution in [1.29, 1.82) is 0 Å². The van der Waals surface area contributed by atoms with Crippen LogP contribution in [-0.4, -0.2) is 9.78 Å². The fraction of sp³-hybridized carbons (Fsp3) is 0.100. The Kier molecular flexibility index (Phi) is 2.60. The number of hydrogen-bond donors (Lipinski definition) is 1. The zero-order valence-electron chi connectivity index (χ0n) is 7.82. The maximum absolute atomic E-state index is 12.8. The number of nitrogens with two attached hydrogens (primary N) is 1. The molecule has 0 aliphatic carbocycles. The van der Waals surface area contributed by atoms with E-state index in [4.69, 9.17) is 17.3 Å². The predicted molar refractivity (Wildman–Crippen MR) is 57.2 cm³/mol. The number of nitrogen functional groups attached to an aromatic ring is 1. The fourth-order valence-electron chi connectivity index (χ4n) is 1.29. The summed E-state index contributed by atoms with van der Waals surface area (Å²) in [5.41, 5.74) is 6.92. The highest BCUT2D eigenvalue weighted by Crippen LogP contribution is 2.18. The molecule has 3 nitrogen and oxygen atoms in total. The molecule has 0 bridgehead atoms. The maximum Gasteiger partial charge on any atom is 0.124 e. The van der Waals surface area contributed by atoms with Gasteiger partial charge in [0, 0.05) is 11.2 Å². The Hall–Kier alpha value is -1.55. The molecule has 0 saturated carbocycles. The van der Waals surface area contributed by atoms with Gasteiger partial charge in [-0.1, -0.05) is 17.7 Å². The average molecular weight is 226 g/mol. The Balaban J connectivity index is 2.24. The van der Waals surface area contributed by atoms with Crippen LogP contribution in [0.3, 0.4) is 0 Å². The molecule has 1 aromatic heterocycles. The molecule has 2 rings (SSSR count). The molecule has 1 heterocycles. The molecule has 15 heavy (non-hydrogen) atoms. The molecule has 1 aromatic carbocycles. The van der Waals surface area contributed by atoms with Crippen molar-refractivity contribution in [2.75, 3.05) is 5.73 Å². The SMILES string of the molecule is Nc1cnn(Cc2ccc(F)cc2Cl)c1. The van der Waals surface area contributed by atoms with E-state index in [1.807, 2.05) is 0 Å². The van der Waals surface area contributed by atoms with E-state index in [9.17, 15) is 4.39 Å². The molecule has 2 aromatic rings. The zero-order chi connectivity index (χ0) is 10.8. The normalized spacial score (nSPS) is 10.5. The zero-order valence-corrected chi connectivity index (χ0v) is 8.58. The van der Waals surface area contributed by atoms with E-state index in [1.54, 1.807) is 23.1 Å². The number of halogens is 2. The molecule has 0 amide bonds. The molecular formula is C10H9ClFN3. The Bertz CT molecular complexity index is 481. The number of anilines is 1. The largest absolute Gasteiger partial charge is 0.396 e. The van der Waals surface area contributed by atoms with E-state index in [-0.39, 0.29) is 5.82 Å². The first-order valence-electron chi connectivity index (χ1n) is 4.37. The van der Waals surface area contributed by atoms with Crippen LogP contribution in [-0.2, 0) is 6.54 Å². The van der Waals surface area contributed by atoms with Gasteiger partial charge in [0.1, 0.15) is 5.82 Å². The van der Waals surface area contributed by atoms with Gasteiger partial charge in [-0.05, 0) is 17.7 Å². The smallest absolute Gasteiger partial charge is 0.124 e. The minimum Gasteiger partial charge on any atom is -0.396 e. The summed E-state index contributed by atoms with van der Waals surface area (Å²) in [6, 6.07) is 4.29. The number of benzene rings is 1. The molecule has 0 aliphatic heterocycles. The van der Waals surface area contributed by atoms with Crippen LogP contribution < -0.4 is 5.73 Å². The highest BCUT2D eigenvalue weighted by Gasteiger charge is 2.03. The van der Waals surface area contributed by atoms with Crippen molar-refractivity contribution >= 4 is 17.3 Å². The Labute approximate surface area is 91.3 Å². The first-order chi connectivity index (χ1) is 7.15. The number of rotatable bonds is 2. The molecule has 5 heteroatoms. The van der Waals surface area contributed by atoms with Crippen molar-refractivity contribution in [2.24, 2.45) is 0 Å². The van der Waals surface area contributed by atoms with Crippen molar-refractivity contribution in [2.45, 2.75) is 6.54 Å². The van der Waals surface area contributed by atoms with Gasteiger partial charge in [0.25, 0.3) is 0 Å². The van der Waals surface area contributed by atoms with Crippen molar-refractivity contribution < 1.29 is 4.39 Å². The summed E-state index contributed by atoms with van der Waals surface area (Å²) in [4.78, 5) is 0. The summed E-state index contributed by atoms with van der Waals surface area (Å²) in [7, 11) is 0. The van der Waals surface area contributed by atoms with E-state index < -0.39 is 0 Å². The van der Waals surface area contributed by atoms with Gasteiger partial charge in [-0.25, -0.2) is 4.39 Å². The third-order valence-electron chi connectivity index (χ3n) is 2.00. The minimum atomic E-state index is -0.344. The van der Waals surface area contributed by atoms with E-state index in [2.05, 4.69) is 5.10 Å². The molecule has 0 spiro atoms. The van der Waals surface area contributed by atoms with Gasteiger partial charge in [0.15, 0.2) is 0 Å². The van der Waals surface area contributed by atoms with Gasteiger partial charge >= 0.3 is 0 Å². The molecule has 0 aliphatic rings. The maximum atomic E-state index is 12.8. The summed E-state index contributed by atoms with van der Waals surface area (Å²) < 4.78 is 14.4. The molecule has 0 fully saturated rings. The van der Waals surface area contributed by atoms with Crippen molar-refractivity contribution in [3.8, 4) is 0 Å². The van der Waals surface area contributed by atoms with Gasteiger partial charge in [-0.15, -0.1) is 0 Å². The Morgan fingerprint density at radius 3 is 2.87 bits per heavy atom. The average Bonchev–Trinajstić information content (AvgIpc) is 2.56. The molecule has 0 unspecified atom stereocenters. The van der Waals surface area contributed by atoms with Crippen LogP contribution in [0.2, 0.25) is 5.02 Å². The summed E-state index contributed by atoms with van der Waals surface area (Å²) in [5, 5.41) is 4.41. The Morgan fingerprint density at radius 1 is 1.47 bits per heavy atom. The van der Waals surface area contributed by atoms with E-state index >= 15 is 0 Å². The molecule has 78 valence electrons. The summed E-state index contributed by atoms with van der Waals surface area (Å²) >= 11 is 5.87. The first kappa shape index (κ1) is 9.98. The Morgan fingerprint density at radius 2 is 2.27 bits per heavy atom. The molecule has 0 saturated heterocycles. The second-order valence-corrected chi connectivity index (χ2v) is 3.61. The highest BCUT2D eigenvalue weighted by atomic mass is 35.5. The molecule has 2 N–H and O–H groups in total. The van der Waals surface area contributed by atoms with Gasteiger partial charge in [0.05, 0.1) is 18.4 Å². The van der Waals surface area contributed by atoms with Crippen LogP contribution in [0.25, 0.3) is 0 Å². The lowest BCUT2D eigenvalue weighted by molar-refractivity contribution is 0.624. The lowest BCUT2D eigenvalue weighted by atomic mass is 10.2. The molecule has 0 radical (unpaired) electrons. The topological polar surface area (TPSA) is 43.8 Å². The number of hydrogen-bond acceptors (Lipinski definition) is 2. The third kappa shape index (κ3) is 2.27. The van der Waals surface area contributed by atoms with Crippen LogP contribution in [0.1, 0.15) is 5.56 Å². The molecular weight excluding hydrogens is 217 g/mol. The standard InChI is InChI=1S/C10H9ClFN3/c11-10-3-8(12)2-1-7(10)5-15-6-9(13)4-14-15/h1-4,6H,5,13H2. The first-order valence-corrected chi connectivity index (χ1v) is 4.75. The highest BCUT2D eigenvalue weighted by molar-refractivity contribution is 6.31. The predicted octanol–water partition coefficient (Wildman–Crippen LogP) is 2.31. The van der Waals surface area contributed by atoms with Gasteiger partial charge in [0.2, 0.25) is 0 Å².